The van der Waals surface area contributed by atoms with Crippen LogP contribution in [0.5, 0.6) is 23.0 Å². The van der Waals surface area contributed by atoms with Crippen molar-refractivity contribution in [3.63, 3.8) is 0 Å². The number of amides is 3. The minimum atomic E-state index is -1.15. The molecule has 1 N–H and O–H groups in total. The van der Waals surface area contributed by atoms with Gasteiger partial charge in [-0.3, -0.25) is 14.4 Å². The van der Waals surface area contributed by atoms with E-state index >= 15 is 0 Å². The lowest BCUT2D eigenvalue weighted by Crippen LogP contribution is -2.30. The van der Waals surface area contributed by atoms with Gasteiger partial charge in [0.2, 0.25) is 0 Å². The Bertz CT molecular complexity index is 1670. The highest BCUT2D eigenvalue weighted by molar-refractivity contribution is 6.35. The number of fused-ring (bicyclic) bond motifs is 1. The zero-order chi connectivity index (χ0) is 29.8. The van der Waals surface area contributed by atoms with Gasteiger partial charge in [0.15, 0.2) is 6.10 Å². The molecule has 42 heavy (non-hydrogen) atoms. The van der Waals surface area contributed by atoms with E-state index in [1.165, 1.54) is 45.4 Å². The Hall–Kier alpha value is -5.64. The molecule has 1 unspecified atom stereocenters. The Morgan fingerprint density at radius 3 is 2.10 bits per heavy atom. The molecule has 0 bridgehead atoms. The number of hydrogen-bond donors (Lipinski definition) is 1. The summed E-state index contributed by atoms with van der Waals surface area (Å²) in [5.74, 6) is -0.602. The molecule has 10 heteroatoms. The largest absolute Gasteiger partial charge is 0.497 e. The predicted octanol–water partition coefficient (Wildman–Crippen LogP) is 5.48. The molecule has 4 aromatic carbocycles. The molecule has 0 aliphatic carbocycles. The van der Waals surface area contributed by atoms with Crippen molar-refractivity contribution in [2.24, 2.45) is 0 Å². The van der Waals surface area contributed by atoms with Gasteiger partial charge in [0.1, 0.15) is 23.0 Å². The van der Waals surface area contributed by atoms with Gasteiger partial charge in [-0.2, -0.15) is 0 Å². The first kappa shape index (κ1) is 27.9. The molecule has 4 aromatic rings. The van der Waals surface area contributed by atoms with Gasteiger partial charge in [-0.05, 0) is 73.7 Å². The lowest BCUT2D eigenvalue weighted by atomic mass is 10.1. The fourth-order valence-corrected chi connectivity index (χ4v) is 4.32. The summed E-state index contributed by atoms with van der Waals surface area (Å²) in [6, 6.07) is 24.8. The molecule has 5 rings (SSSR count). The van der Waals surface area contributed by atoms with Crippen LogP contribution in [0.1, 0.15) is 38.0 Å². The van der Waals surface area contributed by atoms with E-state index in [1.807, 2.05) is 30.3 Å². The number of para-hydroxylation sites is 1. The summed E-state index contributed by atoms with van der Waals surface area (Å²) >= 11 is 0. The number of hydrogen-bond acceptors (Lipinski definition) is 8. The number of imide groups is 1. The monoisotopic (exact) mass is 566 g/mol. The van der Waals surface area contributed by atoms with Gasteiger partial charge < -0.3 is 24.3 Å². The van der Waals surface area contributed by atoms with E-state index in [-0.39, 0.29) is 22.4 Å². The van der Waals surface area contributed by atoms with Crippen LogP contribution in [-0.4, -0.2) is 44.0 Å². The first-order valence-electron chi connectivity index (χ1n) is 12.9. The van der Waals surface area contributed by atoms with Crippen molar-refractivity contribution >= 4 is 35.1 Å². The van der Waals surface area contributed by atoms with Crippen molar-refractivity contribution in [2.75, 3.05) is 24.4 Å². The van der Waals surface area contributed by atoms with Crippen molar-refractivity contribution in [2.45, 2.75) is 13.0 Å². The maximum absolute atomic E-state index is 13.3. The molecule has 0 radical (unpaired) electrons. The lowest BCUT2D eigenvalue weighted by Gasteiger charge is -2.18. The second-order valence-corrected chi connectivity index (χ2v) is 9.22. The molecule has 0 aromatic heterocycles. The number of ether oxygens (including phenoxy) is 4. The summed E-state index contributed by atoms with van der Waals surface area (Å²) in [4.78, 5) is 53.0. The van der Waals surface area contributed by atoms with E-state index < -0.39 is 29.8 Å². The van der Waals surface area contributed by atoms with Crippen molar-refractivity contribution in [3.8, 4) is 23.0 Å². The van der Waals surface area contributed by atoms with E-state index in [0.29, 0.717) is 28.7 Å². The van der Waals surface area contributed by atoms with Gasteiger partial charge in [0, 0.05) is 11.8 Å². The average Bonchev–Trinajstić information content (AvgIpc) is 3.26. The van der Waals surface area contributed by atoms with Crippen molar-refractivity contribution in [1.29, 1.82) is 0 Å². The van der Waals surface area contributed by atoms with Gasteiger partial charge >= 0.3 is 5.97 Å². The maximum atomic E-state index is 13.3. The molecule has 0 spiro atoms. The fraction of sp³-hybridized carbons (Fsp3) is 0.125. The van der Waals surface area contributed by atoms with Gasteiger partial charge in [0.05, 0.1) is 36.6 Å². The second kappa shape index (κ2) is 11.8. The Balaban J connectivity index is 1.24. The summed E-state index contributed by atoms with van der Waals surface area (Å²) in [7, 11) is 2.88. The van der Waals surface area contributed by atoms with Crippen LogP contribution in [-0.2, 0) is 9.53 Å². The third kappa shape index (κ3) is 5.64. The van der Waals surface area contributed by atoms with Crippen LogP contribution in [0.25, 0.3) is 0 Å². The third-order valence-corrected chi connectivity index (χ3v) is 6.50. The van der Waals surface area contributed by atoms with E-state index in [0.717, 1.165) is 4.90 Å². The molecule has 212 valence electrons. The van der Waals surface area contributed by atoms with Crippen LogP contribution in [0.15, 0.2) is 91.0 Å². The summed E-state index contributed by atoms with van der Waals surface area (Å²) in [6.45, 7) is 1.43. The van der Waals surface area contributed by atoms with E-state index in [4.69, 9.17) is 18.9 Å². The molecule has 0 fully saturated rings. The van der Waals surface area contributed by atoms with Crippen molar-refractivity contribution in [3.05, 3.63) is 108 Å². The minimum absolute atomic E-state index is 0.0106. The molecule has 1 heterocycles. The summed E-state index contributed by atoms with van der Waals surface area (Å²) < 4.78 is 21.7. The van der Waals surface area contributed by atoms with Crippen LogP contribution in [0.3, 0.4) is 0 Å². The molecule has 3 amide bonds. The number of esters is 1. The molecular weight excluding hydrogens is 540 g/mol. The number of nitrogens with one attached hydrogen (secondary N) is 1. The first-order valence-corrected chi connectivity index (χ1v) is 12.9. The highest BCUT2D eigenvalue weighted by Crippen LogP contribution is 2.37. The van der Waals surface area contributed by atoms with Gasteiger partial charge in [-0.15, -0.1) is 0 Å². The van der Waals surface area contributed by atoms with E-state index in [1.54, 1.807) is 36.4 Å². The fourth-order valence-electron chi connectivity index (χ4n) is 4.32. The normalized spacial score (nSPS) is 12.8. The van der Waals surface area contributed by atoms with Gasteiger partial charge in [0.25, 0.3) is 17.7 Å². The SMILES string of the molecule is COc1ccc(OC)c(N2C(=O)c3ccc(C(=O)OC(C)C(=O)Nc4ccc(Oc5ccccc5)cc4)cc3C2=O)c1. The number of methoxy groups -OCH3 is 2. The number of carbonyl (C=O) groups excluding carboxylic acids is 4. The van der Waals surface area contributed by atoms with Crippen molar-refractivity contribution < 1.29 is 38.1 Å². The maximum Gasteiger partial charge on any atom is 0.338 e. The quantitative estimate of drug-likeness (QED) is 0.209. The highest BCUT2D eigenvalue weighted by Gasteiger charge is 2.39. The van der Waals surface area contributed by atoms with Gasteiger partial charge in [-0.25, -0.2) is 9.69 Å². The summed E-state index contributed by atoms with van der Waals surface area (Å²) in [5.41, 5.74) is 0.840. The van der Waals surface area contributed by atoms with Crippen LogP contribution in [0, 0.1) is 0 Å². The molecule has 1 atom stereocenters. The Morgan fingerprint density at radius 1 is 0.738 bits per heavy atom. The minimum Gasteiger partial charge on any atom is -0.497 e. The third-order valence-electron chi connectivity index (χ3n) is 6.50. The second-order valence-electron chi connectivity index (χ2n) is 9.22. The Morgan fingerprint density at radius 2 is 1.40 bits per heavy atom. The average molecular weight is 567 g/mol. The first-order chi connectivity index (χ1) is 20.3. The van der Waals surface area contributed by atoms with Crippen LogP contribution < -0.4 is 24.4 Å². The number of benzene rings is 4. The van der Waals surface area contributed by atoms with Crippen LogP contribution in [0.2, 0.25) is 0 Å². The number of rotatable bonds is 9. The van der Waals surface area contributed by atoms with E-state index in [2.05, 4.69) is 5.32 Å². The molecule has 10 nitrogen and oxygen atoms in total. The van der Waals surface area contributed by atoms with Crippen LogP contribution >= 0.6 is 0 Å². The van der Waals surface area contributed by atoms with E-state index in [9.17, 15) is 19.2 Å². The van der Waals surface area contributed by atoms with Gasteiger partial charge in [-0.1, -0.05) is 18.2 Å². The number of anilines is 2. The molecule has 1 aliphatic heterocycles. The Labute approximate surface area is 241 Å². The number of carbonyl (C=O) groups is 4. The Kier molecular flexibility index (Phi) is 7.87. The predicted molar refractivity (Wildman–Crippen MR) is 154 cm³/mol. The molecule has 1 aliphatic rings. The number of nitrogens with zero attached hydrogens (tertiary/aromatic N) is 1. The molecule has 0 saturated carbocycles. The van der Waals surface area contributed by atoms with Crippen LogP contribution in [0.4, 0.5) is 11.4 Å². The topological polar surface area (TPSA) is 120 Å². The van der Waals surface area contributed by atoms with Crippen molar-refractivity contribution in [1.82, 2.24) is 0 Å². The highest BCUT2D eigenvalue weighted by atomic mass is 16.5. The molecule has 0 saturated heterocycles. The molecular formula is C32H26N2O8. The lowest BCUT2D eigenvalue weighted by molar-refractivity contribution is -0.123. The standard InChI is InChI=1S/C32H26N2O8/c1-19(29(35)33-21-10-12-23(13-11-21)42-22-7-5-4-6-8-22)41-32(38)20-9-15-25-26(17-20)31(37)34(30(25)36)27-18-24(39-2)14-16-28(27)40-3/h4-19H,1-3H3,(H,33,35). The zero-order valence-electron chi connectivity index (χ0n) is 23.0. The smallest absolute Gasteiger partial charge is 0.338 e. The summed E-state index contributed by atoms with van der Waals surface area (Å²) in [5, 5.41) is 2.69. The summed E-state index contributed by atoms with van der Waals surface area (Å²) in [6.07, 6.45) is -1.15. The zero-order valence-corrected chi connectivity index (χ0v) is 23.0.